The number of nitrogens with zero attached hydrogens (tertiary/aromatic N) is 2. The molecule has 0 saturated carbocycles. The molecule has 0 heterocycles. The highest BCUT2D eigenvalue weighted by molar-refractivity contribution is 6.09. The molecule has 7 nitrogen and oxygen atoms in total. The van der Waals surface area contributed by atoms with E-state index in [1.54, 1.807) is 30.3 Å². The molecule has 0 bridgehead atoms. The highest BCUT2D eigenvalue weighted by Crippen LogP contribution is 2.30. The van der Waals surface area contributed by atoms with Gasteiger partial charge in [0, 0.05) is 23.3 Å². The molecule has 2 aromatic rings. The Hall–Kier alpha value is -3.09. The number of carbonyl (C=O) groups is 1. The molecule has 0 unspecified atom stereocenters. The smallest absolute Gasteiger partial charge is 0.279 e. The number of rotatable bonds is 4. The van der Waals surface area contributed by atoms with Crippen LogP contribution >= 0.6 is 0 Å². The van der Waals surface area contributed by atoms with E-state index in [9.17, 15) is 25.0 Å². The van der Waals surface area contributed by atoms with Gasteiger partial charge in [0.2, 0.25) is 0 Å². The largest absolute Gasteiger partial charge is 0.289 e. The molecule has 0 amide bonds. The molecule has 0 fully saturated rings. The zero-order valence-corrected chi connectivity index (χ0v) is 11.0. The van der Waals surface area contributed by atoms with Gasteiger partial charge in [-0.2, -0.15) is 0 Å². The lowest BCUT2D eigenvalue weighted by Gasteiger charge is -2.04. The second kappa shape index (κ2) is 5.49. The van der Waals surface area contributed by atoms with E-state index < -0.39 is 27.0 Å². The quantitative estimate of drug-likeness (QED) is 0.488. The van der Waals surface area contributed by atoms with Gasteiger partial charge in [0.05, 0.1) is 9.85 Å². The van der Waals surface area contributed by atoms with Gasteiger partial charge in [0.1, 0.15) is 5.56 Å². The van der Waals surface area contributed by atoms with Crippen LogP contribution in [0.25, 0.3) is 0 Å². The Balaban J connectivity index is 2.62. The maximum Gasteiger partial charge on any atom is 0.279 e. The second-order valence-corrected chi connectivity index (χ2v) is 4.35. The Morgan fingerprint density at radius 3 is 1.81 bits per heavy atom. The predicted octanol–water partition coefficient (Wildman–Crippen LogP) is 3.04. The third-order valence-electron chi connectivity index (χ3n) is 3.04. The molecule has 7 heteroatoms. The number of ketones is 1. The summed E-state index contributed by atoms with van der Waals surface area (Å²) in [7, 11) is 0. The highest BCUT2D eigenvalue weighted by Gasteiger charge is 2.25. The second-order valence-electron chi connectivity index (χ2n) is 4.35. The van der Waals surface area contributed by atoms with Gasteiger partial charge in [0.25, 0.3) is 11.4 Å². The van der Waals surface area contributed by atoms with E-state index >= 15 is 0 Å². The van der Waals surface area contributed by atoms with Crippen molar-refractivity contribution in [2.45, 2.75) is 6.92 Å². The normalized spacial score (nSPS) is 10.1. The SMILES string of the molecule is Cc1c([N+](=O)[O-])cc(C(=O)c2ccccc2)cc1[N+](=O)[O-]. The Labute approximate surface area is 119 Å². The summed E-state index contributed by atoms with van der Waals surface area (Å²) in [6.45, 7) is 1.28. The number of nitro groups is 2. The van der Waals surface area contributed by atoms with Crippen molar-refractivity contribution >= 4 is 17.2 Å². The van der Waals surface area contributed by atoms with Crippen LogP contribution in [0.3, 0.4) is 0 Å². The van der Waals surface area contributed by atoms with Crippen molar-refractivity contribution in [3.63, 3.8) is 0 Å². The molecule has 2 rings (SSSR count). The van der Waals surface area contributed by atoms with E-state index in [0.717, 1.165) is 12.1 Å². The summed E-state index contributed by atoms with van der Waals surface area (Å²) >= 11 is 0. The van der Waals surface area contributed by atoms with Crippen LogP contribution in [0, 0.1) is 27.2 Å². The fourth-order valence-corrected chi connectivity index (χ4v) is 1.95. The first-order chi connectivity index (χ1) is 9.91. The minimum Gasteiger partial charge on any atom is -0.289 e. The van der Waals surface area contributed by atoms with Crippen LogP contribution in [0.5, 0.6) is 0 Å². The lowest BCUT2D eigenvalue weighted by molar-refractivity contribution is -0.395. The zero-order valence-electron chi connectivity index (χ0n) is 11.0. The summed E-state index contributed by atoms with van der Waals surface area (Å²) in [6, 6.07) is 10.2. The van der Waals surface area contributed by atoms with Crippen molar-refractivity contribution in [2.24, 2.45) is 0 Å². The van der Waals surface area contributed by atoms with Gasteiger partial charge in [-0.3, -0.25) is 25.0 Å². The molecule has 0 radical (unpaired) electrons. The molecule has 0 atom stereocenters. The minimum atomic E-state index is -0.732. The summed E-state index contributed by atoms with van der Waals surface area (Å²) in [6.07, 6.45) is 0. The number of hydrogen-bond donors (Lipinski definition) is 0. The van der Waals surface area contributed by atoms with Crippen molar-refractivity contribution in [3.8, 4) is 0 Å². The molecule has 0 saturated heterocycles. The van der Waals surface area contributed by atoms with Gasteiger partial charge in [-0.1, -0.05) is 30.3 Å². The monoisotopic (exact) mass is 286 g/mol. The summed E-state index contributed by atoms with van der Waals surface area (Å²) in [5.41, 5.74) is -0.725. The Kier molecular flexibility index (Phi) is 3.75. The first-order valence-corrected chi connectivity index (χ1v) is 5.95. The van der Waals surface area contributed by atoms with Crippen LogP contribution in [-0.4, -0.2) is 15.6 Å². The van der Waals surface area contributed by atoms with E-state index in [2.05, 4.69) is 0 Å². The average molecular weight is 286 g/mol. The van der Waals surface area contributed by atoms with Gasteiger partial charge in [-0.05, 0) is 6.92 Å². The van der Waals surface area contributed by atoms with E-state index in [1.165, 1.54) is 6.92 Å². The van der Waals surface area contributed by atoms with E-state index in [-0.39, 0.29) is 11.1 Å². The van der Waals surface area contributed by atoms with E-state index in [0.29, 0.717) is 5.56 Å². The highest BCUT2D eigenvalue weighted by atomic mass is 16.6. The van der Waals surface area contributed by atoms with Crippen molar-refractivity contribution in [1.82, 2.24) is 0 Å². The van der Waals surface area contributed by atoms with Crippen molar-refractivity contribution < 1.29 is 14.6 Å². The molecular weight excluding hydrogens is 276 g/mol. The van der Waals surface area contributed by atoms with Crippen LogP contribution in [-0.2, 0) is 0 Å². The molecule has 0 aliphatic carbocycles. The average Bonchev–Trinajstić information content (AvgIpc) is 2.47. The maximum atomic E-state index is 12.3. The molecule has 21 heavy (non-hydrogen) atoms. The molecule has 0 spiro atoms. The van der Waals surface area contributed by atoms with Crippen molar-refractivity contribution in [1.29, 1.82) is 0 Å². The lowest BCUT2D eigenvalue weighted by atomic mass is 10.00. The fourth-order valence-electron chi connectivity index (χ4n) is 1.95. The van der Waals surface area contributed by atoms with Crippen LogP contribution in [0.4, 0.5) is 11.4 Å². The molecule has 0 aromatic heterocycles. The number of carbonyl (C=O) groups excluding carboxylic acids is 1. The molecule has 106 valence electrons. The summed E-state index contributed by atoms with van der Waals surface area (Å²) in [5.74, 6) is -0.498. The number of hydrogen-bond acceptors (Lipinski definition) is 5. The van der Waals surface area contributed by atoms with Crippen molar-refractivity contribution in [2.75, 3.05) is 0 Å². The third kappa shape index (κ3) is 2.76. The van der Waals surface area contributed by atoms with E-state index in [4.69, 9.17) is 0 Å². The minimum absolute atomic E-state index is 0.0744. The zero-order chi connectivity index (χ0) is 15.6. The fraction of sp³-hybridized carbons (Fsp3) is 0.0714. The molecule has 0 aliphatic heterocycles. The molecule has 0 aliphatic rings. The molecule has 2 aromatic carbocycles. The van der Waals surface area contributed by atoms with Crippen LogP contribution in [0.2, 0.25) is 0 Å². The first kappa shape index (κ1) is 14.3. The summed E-state index contributed by atoms with van der Waals surface area (Å²) in [4.78, 5) is 32.8. The van der Waals surface area contributed by atoms with Crippen molar-refractivity contribution in [3.05, 3.63) is 79.4 Å². The van der Waals surface area contributed by atoms with Crippen LogP contribution < -0.4 is 0 Å². The van der Waals surface area contributed by atoms with Crippen LogP contribution in [0.15, 0.2) is 42.5 Å². The molecule has 0 N–H and O–H groups in total. The Morgan fingerprint density at radius 2 is 1.38 bits per heavy atom. The van der Waals surface area contributed by atoms with Gasteiger partial charge in [0.15, 0.2) is 5.78 Å². The number of benzene rings is 2. The Bertz CT molecular complexity index is 705. The van der Waals surface area contributed by atoms with Gasteiger partial charge in [-0.15, -0.1) is 0 Å². The van der Waals surface area contributed by atoms with Gasteiger partial charge < -0.3 is 0 Å². The lowest BCUT2D eigenvalue weighted by Crippen LogP contribution is -2.05. The topological polar surface area (TPSA) is 103 Å². The summed E-state index contributed by atoms with van der Waals surface area (Å²) < 4.78 is 0. The number of nitro benzene ring substituents is 2. The standard InChI is InChI=1S/C14H10N2O5/c1-9-12(15(18)19)7-11(8-13(9)16(20)21)14(17)10-5-3-2-4-6-10/h2-8H,1H3. The van der Waals surface area contributed by atoms with Gasteiger partial charge >= 0.3 is 0 Å². The van der Waals surface area contributed by atoms with E-state index in [1.807, 2.05) is 0 Å². The summed E-state index contributed by atoms with van der Waals surface area (Å²) in [5, 5.41) is 22.0. The molecular formula is C14H10N2O5. The third-order valence-corrected chi connectivity index (χ3v) is 3.04. The predicted molar refractivity (Wildman–Crippen MR) is 74.4 cm³/mol. The van der Waals surface area contributed by atoms with Crippen LogP contribution in [0.1, 0.15) is 21.5 Å². The Morgan fingerprint density at radius 1 is 0.905 bits per heavy atom. The first-order valence-electron chi connectivity index (χ1n) is 5.95. The van der Waals surface area contributed by atoms with Gasteiger partial charge in [-0.25, -0.2) is 0 Å². The maximum absolute atomic E-state index is 12.3.